The van der Waals surface area contributed by atoms with Crippen LogP contribution in [0, 0.1) is 20.8 Å². The lowest BCUT2D eigenvalue weighted by Gasteiger charge is -2.11. The number of hydrazone groups is 1. The number of rotatable bonds is 4. The topological polar surface area (TPSA) is 75.5 Å². The summed E-state index contributed by atoms with van der Waals surface area (Å²) in [6.45, 7) is 5.84. The molecule has 0 saturated heterocycles. The van der Waals surface area contributed by atoms with Gasteiger partial charge in [0.15, 0.2) is 0 Å². The molecule has 160 valence electrons. The number of anilines is 1. The van der Waals surface area contributed by atoms with Gasteiger partial charge in [-0.2, -0.15) is 5.10 Å². The van der Waals surface area contributed by atoms with E-state index in [4.69, 9.17) is 34.8 Å². The Morgan fingerprint density at radius 3 is 2.32 bits per heavy atom. The van der Waals surface area contributed by atoms with Crippen molar-refractivity contribution in [3.8, 4) is 5.69 Å². The summed E-state index contributed by atoms with van der Waals surface area (Å²) in [7, 11) is 0. The average Bonchev–Trinajstić information content (AvgIpc) is 3.00. The van der Waals surface area contributed by atoms with E-state index in [9.17, 15) is 9.59 Å². The zero-order valence-electron chi connectivity index (χ0n) is 17.0. The Kier molecular flexibility index (Phi) is 7.05. The van der Waals surface area contributed by atoms with Gasteiger partial charge in [0.25, 0.3) is 0 Å². The maximum atomic E-state index is 12.0. The van der Waals surface area contributed by atoms with Crippen molar-refractivity contribution < 1.29 is 9.59 Å². The Morgan fingerprint density at radius 2 is 1.65 bits per heavy atom. The predicted molar refractivity (Wildman–Crippen MR) is 126 cm³/mol. The SMILES string of the molecule is Cc1ccc(-n2c(C)cc(/C=N\NC(=O)C(=O)Nc3ccc(Cl)c(Cl)c3)c2C)cc1Cl. The van der Waals surface area contributed by atoms with Crippen molar-refractivity contribution >= 4 is 58.5 Å². The van der Waals surface area contributed by atoms with Crippen LogP contribution in [0.25, 0.3) is 5.69 Å². The van der Waals surface area contributed by atoms with Crippen LogP contribution in [0.2, 0.25) is 15.1 Å². The van der Waals surface area contributed by atoms with Gasteiger partial charge < -0.3 is 9.88 Å². The summed E-state index contributed by atoms with van der Waals surface area (Å²) >= 11 is 18.0. The first-order valence-corrected chi connectivity index (χ1v) is 10.4. The Hall–Kier alpha value is -2.80. The van der Waals surface area contributed by atoms with Crippen molar-refractivity contribution in [1.82, 2.24) is 9.99 Å². The van der Waals surface area contributed by atoms with Gasteiger partial charge in [-0.3, -0.25) is 9.59 Å². The summed E-state index contributed by atoms with van der Waals surface area (Å²) in [5.41, 5.74) is 7.17. The van der Waals surface area contributed by atoms with Crippen molar-refractivity contribution in [3.63, 3.8) is 0 Å². The lowest BCUT2D eigenvalue weighted by Crippen LogP contribution is -2.32. The number of hydrogen-bond acceptors (Lipinski definition) is 3. The molecule has 0 saturated carbocycles. The number of halogens is 3. The second kappa shape index (κ2) is 9.56. The van der Waals surface area contributed by atoms with Crippen LogP contribution in [0.15, 0.2) is 47.6 Å². The molecule has 3 aromatic rings. The summed E-state index contributed by atoms with van der Waals surface area (Å²) < 4.78 is 2.03. The van der Waals surface area contributed by atoms with Gasteiger partial charge in [-0.25, -0.2) is 5.43 Å². The van der Waals surface area contributed by atoms with E-state index in [1.807, 2.05) is 49.6 Å². The van der Waals surface area contributed by atoms with E-state index in [0.29, 0.717) is 15.7 Å². The molecule has 0 spiro atoms. The number of aryl methyl sites for hydroxylation is 2. The lowest BCUT2D eigenvalue weighted by molar-refractivity contribution is -0.136. The molecule has 1 aromatic heterocycles. The molecule has 0 aliphatic rings. The minimum absolute atomic E-state index is 0.267. The smallest absolute Gasteiger partial charge is 0.318 e. The highest BCUT2D eigenvalue weighted by molar-refractivity contribution is 6.43. The number of nitrogens with zero attached hydrogens (tertiary/aromatic N) is 2. The van der Waals surface area contributed by atoms with Crippen molar-refractivity contribution in [2.75, 3.05) is 5.32 Å². The fraction of sp³-hybridized carbons (Fsp3) is 0.136. The Bertz CT molecular complexity index is 1200. The van der Waals surface area contributed by atoms with Crippen LogP contribution in [0.1, 0.15) is 22.5 Å². The molecule has 9 heteroatoms. The first-order valence-electron chi connectivity index (χ1n) is 9.22. The van der Waals surface area contributed by atoms with E-state index in [1.54, 1.807) is 0 Å². The molecule has 0 bridgehead atoms. The number of carbonyl (C=O) groups excluding carboxylic acids is 2. The van der Waals surface area contributed by atoms with E-state index in [0.717, 1.165) is 28.2 Å². The number of aromatic nitrogens is 1. The minimum atomic E-state index is -0.915. The average molecular weight is 478 g/mol. The number of benzene rings is 2. The summed E-state index contributed by atoms with van der Waals surface area (Å²) in [6, 6.07) is 12.3. The van der Waals surface area contributed by atoms with Crippen molar-refractivity contribution in [2.24, 2.45) is 5.10 Å². The molecule has 31 heavy (non-hydrogen) atoms. The standard InChI is InChI=1S/C22H19Cl3N4O2/c1-12-4-6-17(10-19(12)24)29-13(2)8-15(14(29)3)11-26-28-22(31)21(30)27-16-5-7-18(23)20(25)9-16/h4-11H,1-3H3,(H,27,30)(H,28,31)/b26-11-. The molecule has 6 nitrogen and oxygen atoms in total. The van der Waals surface area contributed by atoms with Crippen LogP contribution in [0.3, 0.4) is 0 Å². The third-order valence-electron chi connectivity index (χ3n) is 4.64. The van der Waals surface area contributed by atoms with Gasteiger partial charge in [-0.1, -0.05) is 40.9 Å². The predicted octanol–water partition coefficient (Wildman–Crippen LogP) is 5.45. The third-order valence-corrected chi connectivity index (χ3v) is 5.78. The van der Waals surface area contributed by atoms with E-state index in [-0.39, 0.29) is 5.02 Å². The van der Waals surface area contributed by atoms with Crippen molar-refractivity contribution in [2.45, 2.75) is 20.8 Å². The maximum absolute atomic E-state index is 12.0. The first kappa shape index (κ1) is 22.9. The zero-order valence-corrected chi connectivity index (χ0v) is 19.2. The molecule has 1 heterocycles. The van der Waals surface area contributed by atoms with Crippen LogP contribution in [0.5, 0.6) is 0 Å². The van der Waals surface area contributed by atoms with Crippen LogP contribution in [-0.2, 0) is 9.59 Å². The van der Waals surface area contributed by atoms with Gasteiger partial charge in [-0.05, 0) is 62.7 Å². The van der Waals surface area contributed by atoms with Crippen LogP contribution < -0.4 is 10.7 Å². The summed E-state index contributed by atoms with van der Waals surface area (Å²) in [4.78, 5) is 24.1. The third kappa shape index (κ3) is 5.28. The van der Waals surface area contributed by atoms with Gasteiger partial charge in [0.1, 0.15) is 0 Å². The molecule has 2 aromatic carbocycles. The summed E-state index contributed by atoms with van der Waals surface area (Å²) in [5.74, 6) is -1.79. The number of carbonyl (C=O) groups is 2. The van der Waals surface area contributed by atoms with E-state index >= 15 is 0 Å². The molecule has 0 aliphatic carbocycles. The maximum Gasteiger partial charge on any atom is 0.329 e. The summed E-state index contributed by atoms with van der Waals surface area (Å²) in [5, 5.41) is 7.63. The first-order chi connectivity index (χ1) is 14.7. The summed E-state index contributed by atoms with van der Waals surface area (Å²) in [6.07, 6.45) is 1.49. The molecule has 0 unspecified atom stereocenters. The number of nitrogens with one attached hydrogen (secondary N) is 2. The zero-order chi connectivity index (χ0) is 22.7. The Morgan fingerprint density at radius 1 is 0.903 bits per heavy atom. The van der Waals surface area contributed by atoms with Gasteiger partial charge in [0, 0.05) is 33.3 Å². The van der Waals surface area contributed by atoms with Gasteiger partial charge in [-0.15, -0.1) is 0 Å². The quantitative estimate of drug-likeness (QED) is 0.298. The van der Waals surface area contributed by atoms with Crippen LogP contribution >= 0.6 is 34.8 Å². The highest BCUT2D eigenvalue weighted by Crippen LogP contribution is 2.25. The molecular formula is C22H19Cl3N4O2. The van der Waals surface area contributed by atoms with Crippen molar-refractivity contribution in [3.05, 3.63) is 80.0 Å². The van der Waals surface area contributed by atoms with E-state index < -0.39 is 11.8 Å². The van der Waals surface area contributed by atoms with Crippen LogP contribution in [0.4, 0.5) is 5.69 Å². The number of amides is 2. The molecule has 0 aliphatic heterocycles. The van der Waals surface area contributed by atoms with E-state index in [1.165, 1.54) is 24.4 Å². The second-order valence-electron chi connectivity index (χ2n) is 6.88. The minimum Gasteiger partial charge on any atom is -0.318 e. The molecule has 2 amide bonds. The molecule has 0 atom stereocenters. The highest BCUT2D eigenvalue weighted by atomic mass is 35.5. The highest BCUT2D eigenvalue weighted by Gasteiger charge is 2.14. The molecule has 3 rings (SSSR count). The van der Waals surface area contributed by atoms with Crippen molar-refractivity contribution in [1.29, 1.82) is 0 Å². The molecule has 0 radical (unpaired) electrons. The lowest BCUT2D eigenvalue weighted by atomic mass is 10.2. The van der Waals surface area contributed by atoms with Crippen LogP contribution in [-0.4, -0.2) is 22.6 Å². The Balaban J connectivity index is 1.69. The molecule has 0 fully saturated rings. The van der Waals surface area contributed by atoms with Gasteiger partial charge >= 0.3 is 11.8 Å². The monoisotopic (exact) mass is 476 g/mol. The van der Waals surface area contributed by atoms with E-state index in [2.05, 4.69) is 15.8 Å². The normalized spacial score (nSPS) is 11.0. The molecular weight excluding hydrogens is 459 g/mol. The fourth-order valence-electron chi connectivity index (χ4n) is 3.01. The largest absolute Gasteiger partial charge is 0.329 e. The second-order valence-corrected chi connectivity index (χ2v) is 8.10. The molecule has 2 N–H and O–H groups in total. The van der Waals surface area contributed by atoms with Gasteiger partial charge in [0.05, 0.1) is 16.3 Å². The van der Waals surface area contributed by atoms with Gasteiger partial charge in [0.2, 0.25) is 0 Å². The number of hydrogen-bond donors (Lipinski definition) is 2. The Labute approximate surface area is 194 Å². The fourth-order valence-corrected chi connectivity index (χ4v) is 3.48.